The van der Waals surface area contributed by atoms with Gasteiger partial charge in [-0.25, -0.2) is 0 Å². The zero-order valence-corrected chi connectivity index (χ0v) is 11.4. The smallest absolute Gasteiger partial charge is 0.239 e. The average Bonchev–Trinajstić information content (AvgIpc) is 3.09. The van der Waals surface area contributed by atoms with Crippen LogP contribution in [0, 0.1) is 26.7 Å². The highest BCUT2D eigenvalue weighted by Gasteiger charge is 2.25. The Morgan fingerprint density at radius 3 is 2.44 bits per heavy atom. The Morgan fingerprint density at radius 2 is 1.89 bits per heavy atom. The van der Waals surface area contributed by atoms with Crippen LogP contribution in [0.15, 0.2) is 12.1 Å². The maximum Gasteiger partial charge on any atom is 0.239 e. The Kier molecular flexibility index (Phi) is 3.71. The second-order valence-corrected chi connectivity index (χ2v) is 5.48. The summed E-state index contributed by atoms with van der Waals surface area (Å²) in [6.45, 7) is 7.08. The molecule has 1 fully saturated rings. The van der Waals surface area contributed by atoms with E-state index >= 15 is 0 Å². The van der Waals surface area contributed by atoms with Gasteiger partial charge < -0.3 is 11.1 Å². The molecule has 3 N–H and O–H groups in total. The van der Waals surface area contributed by atoms with E-state index in [1.54, 1.807) is 0 Å². The summed E-state index contributed by atoms with van der Waals surface area (Å²) in [5.41, 5.74) is 10.1. The molecule has 1 atom stereocenters. The van der Waals surface area contributed by atoms with Crippen molar-refractivity contribution in [1.29, 1.82) is 0 Å². The first kappa shape index (κ1) is 13.1. The van der Waals surface area contributed by atoms with Crippen molar-refractivity contribution in [2.75, 3.05) is 6.54 Å². The fourth-order valence-corrected chi connectivity index (χ4v) is 2.26. The molecule has 0 saturated heterocycles. The lowest BCUT2D eigenvalue weighted by atomic mass is 9.95. The summed E-state index contributed by atoms with van der Waals surface area (Å²) in [4.78, 5) is 11.6. The van der Waals surface area contributed by atoms with Gasteiger partial charge in [0.25, 0.3) is 0 Å². The van der Waals surface area contributed by atoms with Gasteiger partial charge in [0.05, 0.1) is 0 Å². The quantitative estimate of drug-likeness (QED) is 0.836. The van der Waals surface area contributed by atoms with Crippen LogP contribution >= 0.6 is 0 Å². The van der Waals surface area contributed by atoms with Crippen LogP contribution in [0.1, 0.15) is 41.1 Å². The van der Waals surface area contributed by atoms with Crippen molar-refractivity contribution in [3.05, 3.63) is 34.4 Å². The van der Waals surface area contributed by atoms with Gasteiger partial charge in [-0.3, -0.25) is 4.79 Å². The first-order valence-corrected chi connectivity index (χ1v) is 6.59. The third-order valence-corrected chi connectivity index (χ3v) is 3.79. The number of carbonyl (C=O) groups excluding carboxylic acids is 1. The molecule has 1 saturated carbocycles. The van der Waals surface area contributed by atoms with Crippen LogP contribution < -0.4 is 11.1 Å². The molecule has 0 spiro atoms. The van der Waals surface area contributed by atoms with Crippen LogP contribution in [0.3, 0.4) is 0 Å². The number of nitrogens with one attached hydrogen (secondary N) is 1. The van der Waals surface area contributed by atoms with Gasteiger partial charge in [0.15, 0.2) is 0 Å². The fraction of sp³-hybridized carbons (Fsp3) is 0.533. The molecular weight excluding hydrogens is 224 g/mol. The third kappa shape index (κ3) is 2.91. The predicted molar refractivity (Wildman–Crippen MR) is 73.3 cm³/mol. The Morgan fingerprint density at radius 1 is 1.28 bits per heavy atom. The normalized spacial score (nSPS) is 16.6. The predicted octanol–water partition coefficient (Wildman–Crippen LogP) is 2.14. The average molecular weight is 246 g/mol. The molecule has 0 heterocycles. The molecule has 3 heteroatoms. The second-order valence-electron chi connectivity index (χ2n) is 5.48. The van der Waals surface area contributed by atoms with Crippen molar-refractivity contribution in [3.63, 3.8) is 0 Å². The maximum atomic E-state index is 11.6. The number of hydrogen-bond acceptors (Lipinski definition) is 2. The minimum atomic E-state index is -0.357. The highest BCUT2D eigenvalue weighted by Crippen LogP contribution is 2.29. The lowest BCUT2D eigenvalue weighted by Gasteiger charge is -2.19. The van der Waals surface area contributed by atoms with Crippen molar-refractivity contribution in [3.8, 4) is 0 Å². The van der Waals surface area contributed by atoms with Crippen LogP contribution in [0.4, 0.5) is 0 Å². The van der Waals surface area contributed by atoms with Crippen LogP contribution in [0.2, 0.25) is 0 Å². The molecule has 2 rings (SSSR count). The first-order valence-electron chi connectivity index (χ1n) is 6.59. The molecule has 3 nitrogen and oxygen atoms in total. The SMILES string of the molecule is Cc1cc(C)c(C(NCC2CC2)C(N)=O)cc1C. The summed E-state index contributed by atoms with van der Waals surface area (Å²) in [6.07, 6.45) is 2.54. The van der Waals surface area contributed by atoms with Crippen LogP contribution in [-0.2, 0) is 4.79 Å². The molecule has 0 radical (unpaired) electrons. The van der Waals surface area contributed by atoms with Crippen LogP contribution in [0.25, 0.3) is 0 Å². The van der Waals surface area contributed by atoms with Gasteiger partial charge in [-0.2, -0.15) is 0 Å². The monoisotopic (exact) mass is 246 g/mol. The molecule has 1 amide bonds. The van der Waals surface area contributed by atoms with E-state index in [0.717, 1.165) is 23.6 Å². The molecule has 1 unspecified atom stereocenters. The number of amides is 1. The molecule has 0 bridgehead atoms. The molecule has 0 aromatic heterocycles. The fourth-order valence-electron chi connectivity index (χ4n) is 2.26. The Labute approximate surface area is 109 Å². The van der Waals surface area contributed by atoms with E-state index in [9.17, 15) is 4.79 Å². The summed E-state index contributed by atoms with van der Waals surface area (Å²) in [7, 11) is 0. The maximum absolute atomic E-state index is 11.6. The first-order chi connectivity index (χ1) is 8.49. The molecular formula is C15H22N2O. The summed E-state index contributed by atoms with van der Waals surface area (Å²) in [6, 6.07) is 3.85. The van der Waals surface area contributed by atoms with E-state index in [4.69, 9.17) is 5.73 Å². The van der Waals surface area contributed by atoms with Gasteiger partial charge >= 0.3 is 0 Å². The number of aryl methyl sites for hydroxylation is 3. The molecule has 1 aliphatic carbocycles. The molecule has 18 heavy (non-hydrogen) atoms. The number of rotatable bonds is 5. The Hall–Kier alpha value is -1.35. The number of nitrogens with two attached hydrogens (primary N) is 1. The second kappa shape index (κ2) is 5.11. The number of hydrogen-bond donors (Lipinski definition) is 2. The van der Waals surface area contributed by atoms with Gasteiger partial charge in [-0.15, -0.1) is 0 Å². The summed E-state index contributed by atoms with van der Waals surface area (Å²) in [5, 5.41) is 3.31. The van der Waals surface area contributed by atoms with Crippen LogP contribution in [0.5, 0.6) is 0 Å². The molecule has 98 valence electrons. The van der Waals surface area contributed by atoms with Gasteiger partial charge in [-0.1, -0.05) is 12.1 Å². The third-order valence-electron chi connectivity index (χ3n) is 3.79. The number of benzene rings is 1. The summed E-state index contributed by atoms with van der Waals surface area (Å²) < 4.78 is 0. The van der Waals surface area contributed by atoms with Crippen molar-refractivity contribution < 1.29 is 4.79 Å². The van der Waals surface area contributed by atoms with E-state index in [2.05, 4.69) is 31.3 Å². The van der Waals surface area contributed by atoms with Gasteiger partial charge in [-0.05, 0) is 68.3 Å². The minimum Gasteiger partial charge on any atom is -0.368 e. The zero-order chi connectivity index (χ0) is 13.3. The van der Waals surface area contributed by atoms with Crippen molar-refractivity contribution in [1.82, 2.24) is 5.32 Å². The minimum absolute atomic E-state index is 0.290. The standard InChI is InChI=1S/C15H22N2O/c1-9-6-11(3)13(7-10(9)2)14(15(16)18)17-8-12-4-5-12/h6-7,12,14,17H,4-5,8H2,1-3H3,(H2,16,18). The lowest BCUT2D eigenvalue weighted by Crippen LogP contribution is -2.35. The van der Waals surface area contributed by atoms with E-state index < -0.39 is 0 Å². The highest BCUT2D eigenvalue weighted by molar-refractivity contribution is 5.82. The topological polar surface area (TPSA) is 55.1 Å². The van der Waals surface area contributed by atoms with E-state index in [0.29, 0.717) is 0 Å². The van der Waals surface area contributed by atoms with Crippen molar-refractivity contribution in [2.45, 2.75) is 39.7 Å². The van der Waals surface area contributed by atoms with Gasteiger partial charge in [0.1, 0.15) is 6.04 Å². The number of primary amides is 1. The molecule has 0 aliphatic heterocycles. The Balaban J connectivity index is 2.23. The highest BCUT2D eigenvalue weighted by atomic mass is 16.1. The summed E-state index contributed by atoms with van der Waals surface area (Å²) >= 11 is 0. The Bertz CT molecular complexity index is 464. The largest absolute Gasteiger partial charge is 0.368 e. The van der Waals surface area contributed by atoms with Gasteiger partial charge in [0, 0.05) is 0 Å². The van der Waals surface area contributed by atoms with Crippen LogP contribution in [-0.4, -0.2) is 12.5 Å². The molecule has 1 aromatic carbocycles. The van der Waals surface area contributed by atoms with E-state index in [-0.39, 0.29) is 11.9 Å². The molecule has 1 aromatic rings. The zero-order valence-electron chi connectivity index (χ0n) is 11.4. The lowest BCUT2D eigenvalue weighted by molar-refractivity contribution is -0.120. The van der Waals surface area contributed by atoms with Crippen molar-refractivity contribution >= 4 is 5.91 Å². The van der Waals surface area contributed by atoms with Gasteiger partial charge in [0.2, 0.25) is 5.91 Å². The van der Waals surface area contributed by atoms with E-state index in [1.165, 1.54) is 24.0 Å². The summed E-state index contributed by atoms with van der Waals surface area (Å²) in [5.74, 6) is 0.445. The molecule has 1 aliphatic rings. The number of carbonyl (C=O) groups is 1. The van der Waals surface area contributed by atoms with E-state index in [1.807, 2.05) is 6.92 Å². The van der Waals surface area contributed by atoms with Crippen molar-refractivity contribution in [2.24, 2.45) is 11.7 Å².